The monoisotopic (exact) mass is 236 g/mol. The summed E-state index contributed by atoms with van der Waals surface area (Å²) >= 11 is 0. The lowest BCUT2D eigenvalue weighted by atomic mass is 10.1. The minimum atomic E-state index is -4.38. The Bertz CT molecular complexity index is 698. The van der Waals surface area contributed by atoms with Crippen LogP contribution < -0.4 is 0 Å². The predicted molar refractivity (Wildman–Crippen MR) is 58.6 cm³/mol. The topological polar surface area (TPSA) is 28.7 Å². The molecule has 3 aromatic rings. The summed E-state index contributed by atoms with van der Waals surface area (Å²) in [6.45, 7) is 0. The number of aromatic nitrogens is 2. The first-order valence-corrected chi connectivity index (χ1v) is 4.99. The van der Waals surface area contributed by atoms with Gasteiger partial charge in [-0.2, -0.15) is 13.2 Å². The first-order valence-electron chi connectivity index (χ1n) is 4.99. The molecule has 0 aliphatic heterocycles. The molecule has 1 N–H and O–H groups in total. The molecule has 0 radical (unpaired) electrons. The molecule has 3 rings (SSSR count). The summed E-state index contributed by atoms with van der Waals surface area (Å²) in [6, 6.07) is 5.86. The molecule has 0 spiro atoms. The van der Waals surface area contributed by atoms with E-state index < -0.39 is 11.7 Å². The fourth-order valence-electron chi connectivity index (χ4n) is 1.97. The number of halogens is 3. The van der Waals surface area contributed by atoms with Crippen molar-refractivity contribution in [1.29, 1.82) is 0 Å². The second-order valence-electron chi connectivity index (χ2n) is 3.77. The van der Waals surface area contributed by atoms with E-state index in [9.17, 15) is 13.2 Å². The summed E-state index contributed by atoms with van der Waals surface area (Å²) in [5.74, 6) is 0. The van der Waals surface area contributed by atoms with E-state index in [2.05, 4.69) is 9.97 Å². The van der Waals surface area contributed by atoms with Gasteiger partial charge in [0.15, 0.2) is 0 Å². The molecule has 0 fully saturated rings. The second-order valence-corrected chi connectivity index (χ2v) is 3.77. The number of pyridine rings is 1. The fourth-order valence-corrected chi connectivity index (χ4v) is 1.97. The maximum absolute atomic E-state index is 12.8. The number of para-hydroxylation sites is 1. The van der Waals surface area contributed by atoms with E-state index >= 15 is 0 Å². The molecule has 0 saturated heterocycles. The van der Waals surface area contributed by atoms with Crippen molar-refractivity contribution < 1.29 is 13.2 Å². The van der Waals surface area contributed by atoms with Gasteiger partial charge in [-0.1, -0.05) is 12.1 Å². The smallest absolute Gasteiger partial charge is 0.361 e. The second kappa shape index (κ2) is 3.23. The molecule has 17 heavy (non-hydrogen) atoms. The Morgan fingerprint density at radius 2 is 1.94 bits per heavy atom. The minimum absolute atomic E-state index is 0.0186. The van der Waals surface area contributed by atoms with Crippen LogP contribution in [-0.2, 0) is 6.18 Å². The first-order chi connectivity index (χ1) is 8.07. The van der Waals surface area contributed by atoms with Gasteiger partial charge in [-0.3, -0.25) is 4.98 Å². The standard InChI is InChI=1S/C12H7F3N2/c13-12(14,15)9-3-1-2-8-10-7(4-5-16-10)6-17-11(8)9/h1-6,16H. The molecule has 0 bridgehead atoms. The van der Waals surface area contributed by atoms with Crippen LogP contribution >= 0.6 is 0 Å². The number of benzene rings is 1. The Balaban J connectivity index is 2.48. The van der Waals surface area contributed by atoms with Crippen LogP contribution in [0, 0.1) is 0 Å². The summed E-state index contributed by atoms with van der Waals surface area (Å²) in [7, 11) is 0. The number of nitrogens with one attached hydrogen (secondary N) is 1. The number of rotatable bonds is 0. The van der Waals surface area contributed by atoms with Gasteiger partial charge in [0, 0.05) is 23.2 Å². The molecule has 0 amide bonds. The van der Waals surface area contributed by atoms with E-state index in [4.69, 9.17) is 0 Å². The molecule has 0 unspecified atom stereocenters. The van der Waals surface area contributed by atoms with Gasteiger partial charge in [-0.05, 0) is 12.1 Å². The lowest BCUT2D eigenvalue weighted by Crippen LogP contribution is -2.06. The molecule has 2 nitrogen and oxygen atoms in total. The Kier molecular flexibility index (Phi) is 1.92. The van der Waals surface area contributed by atoms with Crippen molar-refractivity contribution in [1.82, 2.24) is 9.97 Å². The van der Waals surface area contributed by atoms with Crippen molar-refractivity contribution in [2.75, 3.05) is 0 Å². The summed E-state index contributed by atoms with van der Waals surface area (Å²) in [6.07, 6.45) is -1.25. The third-order valence-corrected chi connectivity index (χ3v) is 2.72. The number of aromatic amines is 1. The normalized spacial score (nSPS) is 12.4. The molecule has 0 saturated carbocycles. The van der Waals surface area contributed by atoms with Crippen molar-refractivity contribution in [3.63, 3.8) is 0 Å². The Hall–Kier alpha value is -2.04. The van der Waals surface area contributed by atoms with Crippen LogP contribution in [0.1, 0.15) is 5.56 Å². The molecular formula is C12H7F3N2. The van der Waals surface area contributed by atoms with E-state index in [-0.39, 0.29) is 5.52 Å². The zero-order valence-electron chi connectivity index (χ0n) is 8.55. The van der Waals surface area contributed by atoms with E-state index in [1.807, 2.05) is 0 Å². The number of nitrogens with zero attached hydrogens (tertiary/aromatic N) is 1. The highest BCUT2D eigenvalue weighted by molar-refractivity contribution is 6.04. The van der Waals surface area contributed by atoms with Crippen LogP contribution in [0.4, 0.5) is 13.2 Å². The van der Waals surface area contributed by atoms with E-state index in [0.29, 0.717) is 10.9 Å². The van der Waals surface area contributed by atoms with E-state index in [1.54, 1.807) is 18.3 Å². The number of fused-ring (bicyclic) bond motifs is 3. The Labute approximate surface area is 94.1 Å². The van der Waals surface area contributed by atoms with Crippen molar-refractivity contribution in [3.8, 4) is 0 Å². The van der Waals surface area contributed by atoms with E-state index in [1.165, 1.54) is 12.3 Å². The van der Waals surface area contributed by atoms with Gasteiger partial charge in [-0.15, -0.1) is 0 Å². The van der Waals surface area contributed by atoms with Crippen molar-refractivity contribution >= 4 is 21.8 Å². The van der Waals surface area contributed by atoms with E-state index in [0.717, 1.165) is 11.5 Å². The predicted octanol–water partition coefficient (Wildman–Crippen LogP) is 3.73. The van der Waals surface area contributed by atoms with Gasteiger partial charge in [-0.25, -0.2) is 0 Å². The molecule has 2 aromatic heterocycles. The molecule has 0 aliphatic carbocycles. The van der Waals surface area contributed by atoms with Gasteiger partial charge in [0.2, 0.25) is 0 Å². The van der Waals surface area contributed by atoms with Gasteiger partial charge in [0.25, 0.3) is 0 Å². The van der Waals surface area contributed by atoms with Crippen LogP contribution in [-0.4, -0.2) is 9.97 Å². The summed E-state index contributed by atoms with van der Waals surface area (Å²) in [5, 5.41) is 1.29. The van der Waals surface area contributed by atoms with Crippen LogP contribution in [0.15, 0.2) is 36.7 Å². The lowest BCUT2D eigenvalue weighted by molar-refractivity contribution is -0.136. The highest BCUT2D eigenvalue weighted by Gasteiger charge is 2.33. The third kappa shape index (κ3) is 1.46. The third-order valence-electron chi connectivity index (χ3n) is 2.72. The zero-order chi connectivity index (χ0) is 12.0. The number of hydrogen-bond acceptors (Lipinski definition) is 1. The number of H-pyrrole nitrogens is 1. The first kappa shape index (κ1) is 10.1. The summed E-state index contributed by atoms with van der Waals surface area (Å²) < 4.78 is 38.4. The van der Waals surface area contributed by atoms with Gasteiger partial charge in [0.1, 0.15) is 0 Å². The van der Waals surface area contributed by atoms with Gasteiger partial charge >= 0.3 is 6.18 Å². The highest BCUT2D eigenvalue weighted by atomic mass is 19.4. The zero-order valence-corrected chi connectivity index (χ0v) is 8.55. The number of hydrogen-bond donors (Lipinski definition) is 1. The quantitative estimate of drug-likeness (QED) is 0.632. The molecule has 5 heteroatoms. The highest BCUT2D eigenvalue weighted by Crippen LogP contribution is 2.35. The largest absolute Gasteiger partial charge is 0.418 e. The van der Waals surface area contributed by atoms with Gasteiger partial charge < -0.3 is 4.98 Å². The Morgan fingerprint density at radius 3 is 2.71 bits per heavy atom. The molecule has 0 atom stereocenters. The van der Waals surface area contributed by atoms with Crippen molar-refractivity contribution in [2.45, 2.75) is 6.18 Å². The van der Waals surface area contributed by atoms with Gasteiger partial charge in [0.05, 0.1) is 16.6 Å². The molecule has 86 valence electrons. The fraction of sp³-hybridized carbons (Fsp3) is 0.0833. The molecule has 0 aliphatic rings. The van der Waals surface area contributed by atoms with Crippen LogP contribution in [0.2, 0.25) is 0 Å². The molecular weight excluding hydrogens is 229 g/mol. The van der Waals surface area contributed by atoms with Crippen LogP contribution in [0.3, 0.4) is 0 Å². The Morgan fingerprint density at radius 1 is 1.12 bits per heavy atom. The molecule has 2 heterocycles. The van der Waals surface area contributed by atoms with Crippen molar-refractivity contribution in [3.05, 3.63) is 42.2 Å². The summed E-state index contributed by atoms with van der Waals surface area (Å²) in [5.41, 5.74) is -0.0393. The summed E-state index contributed by atoms with van der Waals surface area (Å²) in [4.78, 5) is 6.84. The maximum atomic E-state index is 12.8. The molecule has 1 aromatic carbocycles. The van der Waals surface area contributed by atoms with Crippen molar-refractivity contribution in [2.24, 2.45) is 0 Å². The average molecular weight is 236 g/mol. The maximum Gasteiger partial charge on any atom is 0.418 e. The number of alkyl halides is 3. The van der Waals surface area contributed by atoms with Crippen LogP contribution in [0.5, 0.6) is 0 Å². The van der Waals surface area contributed by atoms with Crippen LogP contribution in [0.25, 0.3) is 21.8 Å². The lowest BCUT2D eigenvalue weighted by Gasteiger charge is -2.09. The SMILES string of the molecule is FC(F)(F)c1cccc2c1ncc1cc[nH]c12. The minimum Gasteiger partial charge on any atom is -0.361 e. The average Bonchev–Trinajstić information content (AvgIpc) is 2.75.